The number of hydrogen-bond acceptors (Lipinski definition) is 4. The maximum Gasteiger partial charge on any atom is 0.225 e. The summed E-state index contributed by atoms with van der Waals surface area (Å²) in [6.45, 7) is 3.98. The van der Waals surface area contributed by atoms with Crippen LogP contribution in [0.1, 0.15) is 68.3 Å². The molecule has 5 nitrogen and oxygen atoms in total. The largest absolute Gasteiger partial charge is 0.360 e. The van der Waals surface area contributed by atoms with Gasteiger partial charge >= 0.3 is 0 Å². The summed E-state index contributed by atoms with van der Waals surface area (Å²) in [6.07, 6.45) is 5.89. The zero-order valence-electron chi connectivity index (χ0n) is 18.1. The Bertz CT molecular complexity index is 1030. The van der Waals surface area contributed by atoms with Crippen LogP contribution in [0.2, 0.25) is 5.02 Å². The fraction of sp³-hybridized carbons (Fsp3) is 0.560. The van der Waals surface area contributed by atoms with Crippen molar-refractivity contribution in [2.75, 3.05) is 5.32 Å². The lowest BCUT2D eigenvalue weighted by Crippen LogP contribution is -2.44. The van der Waals surface area contributed by atoms with Gasteiger partial charge in [-0.1, -0.05) is 29.7 Å². The second kappa shape index (κ2) is 7.77. The van der Waals surface area contributed by atoms with E-state index in [4.69, 9.17) is 16.1 Å². The van der Waals surface area contributed by atoms with Crippen LogP contribution in [0.25, 0.3) is 0 Å². The number of benzene rings is 1. The summed E-state index contributed by atoms with van der Waals surface area (Å²) >= 11 is 6.24. The van der Waals surface area contributed by atoms with E-state index in [2.05, 4.69) is 29.5 Å². The molecule has 2 fully saturated rings. The second-order valence-corrected chi connectivity index (χ2v) is 10.4. The average Bonchev–Trinajstić information content (AvgIpc) is 3.25. The number of amides is 1. The Kier molecular flexibility index (Phi) is 5.20. The summed E-state index contributed by atoms with van der Waals surface area (Å²) in [4.78, 5) is 25.6. The number of rotatable bonds is 4. The lowest BCUT2D eigenvalue weighted by atomic mass is 9.54. The number of Topliss-reactive ketones (excluding diaryl/α,β-unsaturated/α-hetero) is 1. The number of aryl methyl sites for hydroxylation is 2. The van der Waals surface area contributed by atoms with Crippen LogP contribution in [-0.2, 0) is 16.0 Å². The highest BCUT2D eigenvalue weighted by molar-refractivity contribution is 6.30. The van der Waals surface area contributed by atoms with Crippen LogP contribution in [-0.4, -0.2) is 16.8 Å². The average molecular weight is 441 g/mol. The number of halogens is 1. The first-order chi connectivity index (χ1) is 14.8. The summed E-state index contributed by atoms with van der Waals surface area (Å²) in [5.41, 5.74) is 2.57. The van der Waals surface area contributed by atoms with Crippen LogP contribution in [0, 0.1) is 30.1 Å². The Morgan fingerprint density at radius 2 is 2.16 bits per heavy atom. The van der Waals surface area contributed by atoms with Gasteiger partial charge in [0.15, 0.2) is 5.82 Å². The van der Waals surface area contributed by atoms with Crippen LogP contribution >= 0.6 is 11.6 Å². The summed E-state index contributed by atoms with van der Waals surface area (Å²) < 4.78 is 5.02. The Labute approximate surface area is 187 Å². The van der Waals surface area contributed by atoms with Crippen molar-refractivity contribution in [2.45, 2.75) is 64.7 Å². The van der Waals surface area contributed by atoms with Crippen molar-refractivity contribution in [3.05, 3.63) is 46.2 Å². The molecule has 3 unspecified atom stereocenters. The van der Waals surface area contributed by atoms with Gasteiger partial charge in [0, 0.05) is 29.3 Å². The fourth-order valence-corrected chi connectivity index (χ4v) is 7.02. The molecule has 1 N–H and O–H groups in total. The molecular formula is C25H29ClN2O3. The highest BCUT2D eigenvalue weighted by atomic mass is 35.5. The molecule has 1 aromatic carbocycles. The highest BCUT2D eigenvalue weighted by Crippen LogP contribution is 2.62. The molecule has 164 valence electrons. The van der Waals surface area contributed by atoms with Gasteiger partial charge in [-0.2, -0.15) is 0 Å². The molecule has 1 amide bonds. The van der Waals surface area contributed by atoms with Crippen LogP contribution in [0.4, 0.5) is 5.82 Å². The number of aromatic nitrogens is 1. The summed E-state index contributed by atoms with van der Waals surface area (Å²) in [7, 11) is 0. The molecule has 6 heteroatoms. The van der Waals surface area contributed by atoms with E-state index in [1.165, 1.54) is 11.1 Å². The summed E-state index contributed by atoms with van der Waals surface area (Å²) in [6, 6.07) is 8.04. The minimum absolute atomic E-state index is 0.0645. The van der Waals surface area contributed by atoms with Gasteiger partial charge < -0.3 is 9.84 Å². The molecule has 2 aromatic rings. The van der Waals surface area contributed by atoms with Gasteiger partial charge in [-0.15, -0.1) is 0 Å². The van der Waals surface area contributed by atoms with Crippen molar-refractivity contribution in [3.8, 4) is 0 Å². The van der Waals surface area contributed by atoms with Gasteiger partial charge in [0.1, 0.15) is 11.5 Å². The summed E-state index contributed by atoms with van der Waals surface area (Å²) in [5, 5.41) is 7.45. The highest BCUT2D eigenvalue weighted by Gasteiger charge is 2.58. The number of hydrogen-bond donors (Lipinski definition) is 1. The molecule has 1 heterocycles. The molecule has 0 saturated heterocycles. The predicted molar refractivity (Wildman–Crippen MR) is 119 cm³/mol. The van der Waals surface area contributed by atoms with Crippen LogP contribution < -0.4 is 5.32 Å². The van der Waals surface area contributed by atoms with Gasteiger partial charge in [-0.25, -0.2) is 0 Å². The van der Waals surface area contributed by atoms with E-state index in [-0.39, 0.29) is 17.2 Å². The molecule has 0 spiro atoms. The third-order valence-corrected chi connectivity index (χ3v) is 8.41. The van der Waals surface area contributed by atoms with E-state index in [0.717, 1.165) is 37.1 Å². The Balaban J connectivity index is 1.33. The molecule has 0 bridgehead atoms. The van der Waals surface area contributed by atoms with E-state index < -0.39 is 0 Å². The maximum atomic E-state index is 13.1. The van der Waals surface area contributed by atoms with E-state index in [9.17, 15) is 9.59 Å². The Hall–Kier alpha value is -2.14. The van der Waals surface area contributed by atoms with Crippen molar-refractivity contribution in [2.24, 2.45) is 23.2 Å². The van der Waals surface area contributed by atoms with Gasteiger partial charge in [0.05, 0.1) is 0 Å². The Morgan fingerprint density at radius 1 is 1.32 bits per heavy atom. The first kappa shape index (κ1) is 20.7. The zero-order chi connectivity index (χ0) is 21.8. The first-order valence-corrected chi connectivity index (χ1v) is 11.8. The molecule has 5 atom stereocenters. The molecule has 0 aliphatic heterocycles. The van der Waals surface area contributed by atoms with Crippen LogP contribution in [0.3, 0.4) is 0 Å². The molecule has 0 radical (unpaired) electrons. The van der Waals surface area contributed by atoms with E-state index in [0.29, 0.717) is 48.0 Å². The smallest absolute Gasteiger partial charge is 0.225 e. The van der Waals surface area contributed by atoms with Crippen LogP contribution in [0.5, 0.6) is 0 Å². The van der Waals surface area contributed by atoms with Crippen molar-refractivity contribution >= 4 is 29.1 Å². The van der Waals surface area contributed by atoms with E-state index >= 15 is 0 Å². The Morgan fingerprint density at radius 3 is 2.94 bits per heavy atom. The topological polar surface area (TPSA) is 72.2 Å². The van der Waals surface area contributed by atoms with Gasteiger partial charge in [0.25, 0.3) is 0 Å². The SMILES string of the molecule is Cc1cc(NC(=O)CC[C@@H]2CC(=O)[C@@]3(C)CCC4c5ccc(Cl)cc5CCC4C23)no1. The third kappa shape index (κ3) is 3.61. The number of carbonyl (C=O) groups excluding carboxylic acids is 2. The number of carbonyl (C=O) groups is 2. The van der Waals surface area contributed by atoms with E-state index in [1.54, 1.807) is 13.0 Å². The number of ketones is 1. The molecular weight excluding hydrogens is 412 g/mol. The maximum absolute atomic E-state index is 13.1. The number of nitrogens with zero attached hydrogens (tertiary/aromatic N) is 1. The number of fused-ring (bicyclic) bond motifs is 5. The molecule has 31 heavy (non-hydrogen) atoms. The van der Waals surface area contributed by atoms with E-state index in [1.807, 2.05) is 6.07 Å². The molecule has 3 aliphatic carbocycles. The van der Waals surface area contributed by atoms with Crippen LogP contribution in [0.15, 0.2) is 28.8 Å². The normalized spacial score (nSPS) is 31.6. The van der Waals surface area contributed by atoms with Crippen molar-refractivity contribution in [1.82, 2.24) is 5.16 Å². The summed E-state index contributed by atoms with van der Waals surface area (Å²) in [5.74, 6) is 3.08. The first-order valence-electron chi connectivity index (χ1n) is 11.4. The quantitative estimate of drug-likeness (QED) is 0.661. The minimum atomic E-state index is -0.241. The monoisotopic (exact) mass is 440 g/mol. The van der Waals surface area contributed by atoms with Gasteiger partial charge in [-0.3, -0.25) is 9.59 Å². The van der Waals surface area contributed by atoms with Crippen molar-refractivity contribution < 1.29 is 14.1 Å². The molecule has 5 rings (SSSR count). The standard InChI is InChI=1S/C25H29ClN2O3/c1-14-11-22(28-31-14)27-23(30)8-4-16-13-21(29)25(2)10-9-19-18-7-5-17(26)12-15(18)3-6-20(19)24(16)25/h5,7,11-12,16,19-20,24H,3-4,6,8-10,13H2,1-2H3,(H,27,28,30)/t16-,19?,20?,24?,25-/m1/s1. The second-order valence-electron chi connectivity index (χ2n) is 9.93. The molecule has 2 saturated carbocycles. The minimum Gasteiger partial charge on any atom is -0.360 e. The van der Waals surface area contributed by atoms with Crippen molar-refractivity contribution in [1.29, 1.82) is 0 Å². The predicted octanol–water partition coefficient (Wildman–Crippen LogP) is 5.71. The van der Waals surface area contributed by atoms with Crippen molar-refractivity contribution in [3.63, 3.8) is 0 Å². The molecule has 1 aromatic heterocycles. The molecule has 3 aliphatic rings. The zero-order valence-corrected chi connectivity index (χ0v) is 18.9. The fourth-order valence-electron chi connectivity index (χ4n) is 6.82. The number of anilines is 1. The lowest BCUT2D eigenvalue weighted by molar-refractivity contribution is -0.129. The van der Waals surface area contributed by atoms with Gasteiger partial charge in [0.2, 0.25) is 5.91 Å². The number of nitrogens with one attached hydrogen (secondary N) is 1. The van der Waals surface area contributed by atoms with Gasteiger partial charge in [-0.05, 0) is 86.0 Å². The lowest BCUT2D eigenvalue weighted by Gasteiger charge is -2.50. The third-order valence-electron chi connectivity index (χ3n) is 8.17.